The van der Waals surface area contributed by atoms with E-state index in [1.54, 1.807) is 0 Å². The number of phosphoric ester groups is 1. The molecule has 1 N–H and O–H groups in total. The molecule has 87 heavy (non-hydrogen) atoms. The van der Waals surface area contributed by atoms with E-state index in [1.807, 2.05) is 33.3 Å². The highest BCUT2D eigenvalue weighted by molar-refractivity contribution is 7.45. The van der Waals surface area contributed by atoms with Gasteiger partial charge >= 0.3 is 5.97 Å². The van der Waals surface area contributed by atoms with E-state index in [-0.39, 0.29) is 24.9 Å². The molecule has 9 nitrogen and oxygen atoms in total. The largest absolute Gasteiger partial charge is 0.756 e. The number of rotatable bonds is 66. The number of hydrogen-bond donors (Lipinski definition) is 1. The lowest BCUT2D eigenvalue weighted by molar-refractivity contribution is -0.870. The van der Waals surface area contributed by atoms with E-state index in [9.17, 15) is 19.0 Å². The Bertz CT molecular complexity index is 1810. The Balaban J connectivity index is 4.99. The summed E-state index contributed by atoms with van der Waals surface area (Å²) in [7, 11) is 1.18. The summed E-state index contributed by atoms with van der Waals surface area (Å²) in [6, 6.07) is -0.896. The first-order valence-electron chi connectivity index (χ1n) is 36.5. The molecular formula is C77H139N2O7P. The number of unbranched alkanes of at least 4 members (excludes halogenated alkanes) is 36. The van der Waals surface area contributed by atoms with Crippen molar-refractivity contribution < 1.29 is 37.3 Å². The Morgan fingerprint density at radius 1 is 0.414 bits per heavy atom. The van der Waals surface area contributed by atoms with E-state index < -0.39 is 26.6 Å². The van der Waals surface area contributed by atoms with Crippen molar-refractivity contribution in [3.05, 3.63) is 97.2 Å². The molecule has 0 rings (SSSR count). The van der Waals surface area contributed by atoms with E-state index >= 15 is 0 Å². The molecular weight excluding hydrogens is 1100 g/mol. The lowest BCUT2D eigenvalue weighted by Crippen LogP contribution is -2.47. The second kappa shape index (κ2) is 65.9. The van der Waals surface area contributed by atoms with Crippen molar-refractivity contribution in [3.8, 4) is 0 Å². The van der Waals surface area contributed by atoms with Gasteiger partial charge in [-0.2, -0.15) is 0 Å². The van der Waals surface area contributed by atoms with Crippen LogP contribution in [0.5, 0.6) is 0 Å². The first-order chi connectivity index (χ1) is 42.4. The Morgan fingerprint density at radius 2 is 0.736 bits per heavy atom. The van der Waals surface area contributed by atoms with Gasteiger partial charge in [-0.25, -0.2) is 0 Å². The summed E-state index contributed by atoms with van der Waals surface area (Å²) >= 11 is 0. The molecule has 0 heterocycles. The monoisotopic (exact) mass is 1240 g/mol. The summed E-state index contributed by atoms with van der Waals surface area (Å²) < 4.78 is 30.5. The fraction of sp³-hybridized carbons (Fsp3) is 0.766. The molecule has 0 saturated heterocycles. The first kappa shape index (κ1) is 83.9. The Hall–Kier alpha value is -3.07. The van der Waals surface area contributed by atoms with Crippen LogP contribution in [0.15, 0.2) is 97.2 Å². The number of allylic oxidation sites excluding steroid dienone is 15. The molecule has 0 spiro atoms. The van der Waals surface area contributed by atoms with Crippen LogP contribution in [0.2, 0.25) is 0 Å². The van der Waals surface area contributed by atoms with Gasteiger partial charge in [-0.3, -0.25) is 14.2 Å². The van der Waals surface area contributed by atoms with E-state index in [2.05, 4.69) is 111 Å². The molecule has 0 bridgehead atoms. The molecule has 0 aromatic heterocycles. The summed E-state index contributed by atoms with van der Waals surface area (Å²) in [4.78, 5) is 40.2. The number of nitrogens with zero attached hydrogens (tertiary/aromatic N) is 1. The van der Waals surface area contributed by atoms with Gasteiger partial charge in [0.1, 0.15) is 19.3 Å². The van der Waals surface area contributed by atoms with Crippen LogP contribution in [0, 0.1) is 0 Å². The van der Waals surface area contributed by atoms with Gasteiger partial charge in [0.15, 0.2) is 0 Å². The quantitative estimate of drug-likeness (QED) is 0.0212. The van der Waals surface area contributed by atoms with E-state index in [4.69, 9.17) is 13.8 Å². The van der Waals surface area contributed by atoms with Gasteiger partial charge in [0.05, 0.1) is 33.8 Å². The van der Waals surface area contributed by atoms with Crippen LogP contribution in [0.4, 0.5) is 0 Å². The van der Waals surface area contributed by atoms with Crippen LogP contribution in [0.25, 0.3) is 0 Å². The van der Waals surface area contributed by atoms with Crippen molar-refractivity contribution >= 4 is 19.7 Å². The summed E-state index contributed by atoms with van der Waals surface area (Å²) in [6.45, 7) is 6.72. The van der Waals surface area contributed by atoms with Crippen LogP contribution >= 0.6 is 7.82 Å². The molecule has 3 atom stereocenters. The van der Waals surface area contributed by atoms with Gasteiger partial charge in [-0.15, -0.1) is 0 Å². The van der Waals surface area contributed by atoms with Crippen LogP contribution in [-0.2, 0) is 27.9 Å². The lowest BCUT2D eigenvalue weighted by Gasteiger charge is -2.30. The molecule has 0 aliphatic carbocycles. The maximum absolute atomic E-state index is 13.6. The zero-order valence-electron chi connectivity index (χ0n) is 57.7. The summed E-state index contributed by atoms with van der Waals surface area (Å²) in [6.07, 6.45) is 89.6. The predicted octanol–water partition coefficient (Wildman–Crippen LogP) is 22.8. The minimum Gasteiger partial charge on any atom is -0.756 e. The minimum atomic E-state index is -4.71. The number of quaternary nitrogens is 1. The van der Waals surface area contributed by atoms with Gasteiger partial charge in [0.2, 0.25) is 5.91 Å². The van der Waals surface area contributed by atoms with Crippen molar-refractivity contribution in [3.63, 3.8) is 0 Å². The fourth-order valence-corrected chi connectivity index (χ4v) is 11.1. The van der Waals surface area contributed by atoms with Gasteiger partial charge in [-0.05, 0) is 109 Å². The number of carbonyl (C=O) groups excluding carboxylic acids is 2. The van der Waals surface area contributed by atoms with Crippen LogP contribution in [0.1, 0.15) is 329 Å². The number of hydrogen-bond acceptors (Lipinski definition) is 7. The standard InChI is InChI=1S/C77H139N2O7P/c1-7-10-13-16-19-22-25-27-29-31-33-35-37-39-41-43-45-47-49-51-54-57-60-63-66-69-76(80)78-74(73-85-87(82,83)84-72-71-79(4,5)6)75(68-65-62-59-56-53-24-21-18-15-12-9-3)86-77(81)70-67-64-61-58-55-52-50-48-46-44-42-40-38-36-34-32-30-28-26-23-20-17-14-11-8-2/h11,14,19-20,22-23,27-30,34,36,40,42,65,68,74-75H,7-10,12-13,15-18,21,24-26,31-33,35,37-39,41,43-64,66-67,69-73H2,1-6H3,(H-,78,80,82,83)/b14-11-,22-19-,23-20-,29-27-,30-28-,36-34-,42-40-,68-65+. The second-order valence-corrected chi connectivity index (χ2v) is 27.1. The highest BCUT2D eigenvalue weighted by Crippen LogP contribution is 2.38. The number of phosphoric acid groups is 1. The van der Waals surface area contributed by atoms with Crippen LogP contribution in [-0.4, -0.2) is 69.4 Å². The highest BCUT2D eigenvalue weighted by Gasteiger charge is 2.27. The van der Waals surface area contributed by atoms with Crippen molar-refractivity contribution in [1.29, 1.82) is 0 Å². The second-order valence-electron chi connectivity index (χ2n) is 25.7. The number of nitrogens with one attached hydrogen (secondary N) is 1. The van der Waals surface area contributed by atoms with Crippen molar-refractivity contribution in [2.75, 3.05) is 40.9 Å². The van der Waals surface area contributed by atoms with E-state index in [0.717, 1.165) is 109 Å². The lowest BCUT2D eigenvalue weighted by atomic mass is 10.0. The zero-order valence-corrected chi connectivity index (χ0v) is 58.6. The minimum absolute atomic E-state index is 0.0260. The fourth-order valence-electron chi connectivity index (χ4n) is 10.4. The average Bonchev–Trinajstić information content (AvgIpc) is 3.70. The van der Waals surface area contributed by atoms with E-state index in [1.165, 1.54) is 186 Å². The van der Waals surface area contributed by atoms with Gasteiger partial charge < -0.3 is 28.5 Å². The molecule has 504 valence electrons. The third-order valence-electron chi connectivity index (χ3n) is 16.0. The van der Waals surface area contributed by atoms with Crippen molar-refractivity contribution in [2.24, 2.45) is 0 Å². The smallest absolute Gasteiger partial charge is 0.306 e. The number of esters is 1. The first-order valence-corrected chi connectivity index (χ1v) is 38.0. The van der Waals surface area contributed by atoms with Gasteiger partial charge in [-0.1, -0.05) is 305 Å². The van der Waals surface area contributed by atoms with Crippen molar-refractivity contribution in [1.82, 2.24) is 5.32 Å². The molecule has 1 amide bonds. The van der Waals surface area contributed by atoms with Crippen LogP contribution in [0.3, 0.4) is 0 Å². The molecule has 0 fully saturated rings. The number of carbonyl (C=O) groups is 2. The normalized spacial score (nSPS) is 14.1. The maximum atomic E-state index is 13.6. The maximum Gasteiger partial charge on any atom is 0.306 e. The average molecular weight is 1240 g/mol. The molecule has 0 aliphatic rings. The summed E-state index contributed by atoms with van der Waals surface area (Å²) in [5.74, 6) is -0.543. The van der Waals surface area contributed by atoms with Crippen LogP contribution < -0.4 is 10.2 Å². The highest BCUT2D eigenvalue weighted by atomic mass is 31.2. The van der Waals surface area contributed by atoms with Crippen molar-refractivity contribution in [2.45, 2.75) is 341 Å². The molecule has 0 radical (unpaired) electrons. The Labute approximate surface area is 538 Å². The summed E-state index contributed by atoms with van der Waals surface area (Å²) in [5.41, 5.74) is 0. The Kier molecular flexibility index (Phi) is 63.5. The zero-order chi connectivity index (χ0) is 63.5. The number of ether oxygens (including phenoxy) is 1. The third kappa shape index (κ3) is 67.2. The van der Waals surface area contributed by atoms with Gasteiger partial charge in [0.25, 0.3) is 7.82 Å². The summed E-state index contributed by atoms with van der Waals surface area (Å²) in [5, 5.41) is 3.04. The number of amides is 1. The predicted molar refractivity (Wildman–Crippen MR) is 376 cm³/mol. The number of likely N-dealkylation sites (N-methyl/N-ethyl adjacent to an activating group) is 1. The molecule has 0 saturated carbocycles. The molecule has 3 unspecified atom stereocenters. The Morgan fingerprint density at radius 3 is 1.13 bits per heavy atom. The molecule has 0 aromatic carbocycles. The third-order valence-corrected chi connectivity index (χ3v) is 17.0. The molecule has 10 heteroatoms. The van der Waals surface area contributed by atoms with E-state index in [0.29, 0.717) is 17.4 Å². The topological polar surface area (TPSA) is 114 Å². The van der Waals surface area contributed by atoms with Gasteiger partial charge in [0, 0.05) is 12.8 Å². The molecule has 0 aliphatic heterocycles. The SMILES string of the molecule is CC/C=C\C/C=C\C/C=C\C/C=C\C/C=C\CCCCCCCCCCCC(=O)OC(/C=C/CCCCCCCCCCC)C(COP(=O)([O-])OCC[N+](C)(C)C)NC(=O)CCCCCCCCCCCCCCCCC/C=C\C/C=C\CCCCC. The molecule has 0 aromatic rings.